The topological polar surface area (TPSA) is 37.9 Å². The molecule has 0 radical (unpaired) electrons. The van der Waals surface area contributed by atoms with Crippen molar-refractivity contribution in [1.82, 2.24) is 9.97 Å². The zero-order chi connectivity index (χ0) is 12.1. The van der Waals surface area contributed by atoms with Gasteiger partial charge in [0.15, 0.2) is 0 Å². The summed E-state index contributed by atoms with van der Waals surface area (Å²) in [5.41, 5.74) is 2.32. The third-order valence-corrected chi connectivity index (χ3v) is 2.33. The van der Waals surface area contributed by atoms with Gasteiger partial charge in [-0.1, -0.05) is 27.7 Å². The lowest BCUT2D eigenvalue weighted by molar-refractivity contribution is 0.398. The number of pyridine rings is 1. The van der Waals surface area contributed by atoms with Gasteiger partial charge in [-0.15, -0.1) is 0 Å². The summed E-state index contributed by atoms with van der Waals surface area (Å²) in [4.78, 5) is 7.51. The second-order valence-electron chi connectivity index (χ2n) is 3.69. The SMILES string of the molecule is CC.COc1cc2[nH]c(C(C)C)cc2cn1. The van der Waals surface area contributed by atoms with Crippen LogP contribution in [-0.4, -0.2) is 17.1 Å². The number of methoxy groups -OCH3 is 1. The Morgan fingerprint density at radius 1 is 1.25 bits per heavy atom. The molecule has 0 aliphatic rings. The largest absolute Gasteiger partial charge is 0.481 e. The summed E-state index contributed by atoms with van der Waals surface area (Å²) in [6.07, 6.45) is 1.83. The van der Waals surface area contributed by atoms with Crippen LogP contribution in [0.1, 0.15) is 39.3 Å². The number of ether oxygens (including phenoxy) is 1. The summed E-state index contributed by atoms with van der Waals surface area (Å²) >= 11 is 0. The van der Waals surface area contributed by atoms with Crippen LogP contribution in [-0.2, 0) is 0 Å². The van der Waals surface area contributed by atoms with Crippen LogP contribution in [0.4, 0.5) is 0 Å². The molecule has 0 spiro atoms. The zero-order valence-electron chi connectivity index (χ0n) is 10.7. The van der Waals surface area contributed by atoms with Crippen LogP contribution >= 0.6 is 0 Å². The summed E-state index contributed by atoms with van der Waals surface area (Å²) < 4.78 is 5.06. The third-order valence-electron chi connectivity index (χ3n) is 2.33. The fraction of sp³-hybridized carbons (Fsp3) is 0.462. The molecule has 0 fully saturated rings. The van der Waals surface area contributed by atoms with E-state index in [0.29, 0.717) is 11.8 Å². The van der Waals surface area contributed by atoms with Crippen LogP contribution in [0, 0.1) is 0 Å². The van der Waals surface area contributed by atoms with Crippen molar-refractivity contribution in [1.29, 1.82) is 0 Å². The standard InChI is InChI=1S/C11H14N2O.C2H6/c1-7(2)9-4-8-6-12-11(14-3)5-10(8)13-9;1-2/h4-7,13H,1-3H3;1-2H3. The highest BCUT2D eigenvalue weighted by molar-refractivity contribution is 5.80. The molecule has 16 heavy (non-hydrogen) atoms. The molecule has 2 aromatic heterocycles. The Kier molecular flexibility index (Phi) is 4.35. The van der Waals surface area contributed by atoms with Crippen molar-refractivity contribution in [3.8, 4) is 5.88 Å². The number of nitrogens with one attached hydrogen (secondary N) is 1. The van der Waals surface area contributed by atoms with E-state index in [-0.39, 0.29) is 0 Å². The van der Waals surface area contributed by atoms with E-state index in [4.69, 9.17) is 4.74 Å². The Morgan fingerprint density at radius 3 is 2.50 bits per heavy atom. The smallest absolute Gasteiger partial charge is 0.215 e. The highest BCUT2D eigenvalue weighted by atomic mass is 16.5. The number of aromatic amines is 1. The van der Waals surface area contributed by atoms with Crippen molar-refractivity contribution in [3.05, 3.63) is 24.0 Å². The normalized spacial score (nSPS) is 10.1. The van der Waals surface area contributed by atoms with Gasteiger partial charge in [0.25, 0.3) is 0 Å². The summed E-state index contributed by atoms with van der Waals surface area (Å²) in [7, 11) is 1.63. The van der Waals surface area contributed by atoms with Crippen molar-refractivity contribution in [3.63, 3.8) is 0 Å². The lowest BCUT2D eigenvalue weighted by atomic mass is 10.1. The predicted octanol–water partition coefficient (Wildman–Crippen LogP) is 3.72. The Balaban J connectivity index is 0.000000606. The lowest BCUT2D eigenvalue weighted by Gasteiger charge is -1.98. The minimum absolute atomic E-state index is 0.508. The van der Waals surface area contributed by atoms with E-state index in [9.17, 15) is 0 Å². The maximum Gasteiger partial charge on any atom is 0.215 e. The van der Waals surface area contributed by atoms with Gasteiger partial charge in [0.05, 0.1) is 12.6 Å². The lowest BCUT2D eigenvalue weighted by Crippen LogP contribution is -1.86. The molecule has 2 aromatic rings. The molecule has 0 aromatic carbocycles. The van der Waals surface area contributed by atoms with Crippen molar-refractivity contribution in [2.75, 3.05) is 7.11 Å². The van der Waals surface area contributed by atoms with E-state index in [2.05, 4.69) is 29.9 Å². The number of hydrogen-bond acceptors (Lipinski definition) is 2. The summed E-state index contributed by atoms with van der Waals surface area (Å²) in [5, 5.41) is 1.13. The first-order chi connectivity index (χ1) is 7.70. The van der Waals surface area contributed by atoms with Crippen LogP contribution in [0.3, 0.4) is 0 Å². The van der Waals surface area contributed by atoms with Crippen LogP contribution in [0.5, 0.6) is 5.88 Å². The van der Waals surface area contributed by atoms with Gasteiger partial charge in [-0.3, -0.25) is 0 Å². The molecule has 3 nitrogen and oxygen atoms in total. The van der Waals surface area contributed by atoms with Gasteiger partial charge in [0, 0.05) is 23.3 Å². The molecular formula is C13H20N2O. The van der Waals surface area contributed by atoms with Crippen LogP contribution in [0.15, 0.2) is 18.3 Å². The van der Waals surface area contributed by atoms with Crippen LogP contribution in [0.25, 0.3) is 10.9 Å². The molecule has 2 rings (SSSR count). The monoisotopic (exact) mass is 220 g/mol. The molecule has 1 N–H and O–H groups in total. The molecule has 0 aliphatic carbocycles. The molecule has 0 unspecified atom stereocenters. The molecule has 3 heteroatoms. The maximum absolute atomic E-state index is 5.06. The third kappa shape index (κ3) is 2.54. The first-order valence-electron chi connectivity index (χ1n) is 5.73. The van der Waals surface area contributed by atoms with E-state index in [1.165, 1.54) is 5.69 Å². The highest BCUT2D eigenvalue weighted by Gasteiger charge is 2.05. The molecular weight excluding hydrogens is 200 g/mol. The first-order valence-corrected chi connectivity index (χ1v) is 5.73. The average molecular weight is 220 g/mol. The Hall–Kier alpha value is -1.51. The second kappa shape index (κ2) is 5.54. The first kappa shape index (κ1) is 12.6. The minimum Gasteiger partial charge on any atom is -0.481 e. The maximum atomic E-state index is 5.06. The molecule has 0 bridgehead atoms. The minimum atomic E-state index is 0.508. The van der Waals surface area contributed by atoms with Crippen molar-refractivity contribution < 1.29 is 4.74 Å². The number of rotatable bonds is 2. The van der Waals surface area contributed by atoms with E-state index in [0.717, 1.165) is 10.9 Å². The predicted molar refractivity (Wildman–Crippen MR) is 68.1 cm³/mol. The highest BCUT2D eigenvalue weighted by Crippen LogP contribution is 2.22. The van der Waals surface area contributed by atoms with Gasteiger partial charge < -0.3 is 9.72 Å². The van der Waals surface area contributed by atoms with E-state index >= 15 is 0 Å². The fourth-order valence-corrected chi connectivity index (χ4v) is 1.45. The summed E-state index contributed by atoms with van der Waals surface area (Å²) in [6.45, 7) is 8.32. The quantitative estimate of drug-likeness (QED) is 0.837. The number of aromatic nitrogens is 2. The molecule has 0 saturated carbocycles. The Bertz CT molecular complexity index is 446. The van der Waals surface area contributed by atoms with Gasteiger partial charge >= 0.3 is 0 Å². The number of nitrogens with zero attached hydrogens (tertiary/aromatic N) is 1. The van der Waals surface area contributed by atoms with Gasteiger partial charge in [0.2, 0.25) is 5.88 Å². The summed E-state index contributed by atoms with van der Waals surface area (Å²) in [6, 6.07) is 4.05. The second-order valence-corrected chi connectivity index (χ2v) is 3.69. The van der Waals surface area contributed by atoms with Crippen molar-refractivity contribution >= 4 is 10.9 Å². The Labute approximate surface area is 96.9 Å². The van der Waals surface area contributed by atoms with E-state index < -0.39 is 0 Å². The molecule has 88 valence electrons. The fourth-order valence-electron chi connectivity index (χ4n) is 1.45. The molecule has 0 amide bonds. The van der Waals surface area contributed by atoms with Crippen molar-refractivity contribution in [2.45, 2.75) is 33.6 Å². The van der Waals surface area contributed by atoms with Gasteiger partial charge in [-0.25, -0.2) is 4.98 Å². The zero-order valence-corrected chi connectivity index (χ0v) is 10.7. The molecule has 0 atom stereocenters. The number of H-pyrrole nitrogens is 1. The summed E-state index contributed by atoms with van der Waals surface area (Å²) in [5.74, 6) is 1.16. The molecule has 2 heterocycles. The number of fused-ring (bicyclic) bond motifs is 1. The van der Waals surface area contributed by atoms with E-state index in [1.54, 1.807) is 7.11 Å². The van der Waals surface area contributed by atoms with Crippen molar-refractivity contribution in [2.24, 2.45) is 0 Å². The van der Waals surface area contributed by atoms with Gasteiger partial charge in [0.1, 0.15) is 0 Å². The van der Waals surface area contributed by atoms with E-state index in [1.807, 2.05) is 26.1 Å². The Morgan fingerprint density at radius 2 is 1.94 bits per heavy atom. The average Bonchev–Trinajstić information content (AvgIpc) is 2.74. The van der Waals surface area contributed by atoms with Gasteiger partial charge in [-0.2, -0.15) is 0 Å². The molecule has 0 aliphatic heterocycles. The van der Waals surface area contributed by atoms with Gasteiger partial charge in [-0.05, 0) is 12.0 Å². The van der Waals surface area contributed by atoms with Crippen LogP contribution < -0.4 is 4.74 Å². The van der Waals surface area contributed by atoms with Crippen LogP contribution in [0.2, 0.25) is 0 Å². The molecule has 0 saturated heterocycles. The number of hydrogen-bond donors (Lipinski definition) is 1.